The van der Waals surface area contributed by atoms with Crippen molar-refractivity contribution < 1.29 is 9.47 Å². The number of likely N-dealkylation sites (N-methyl/N-ethyl adjacent to an activating group) is 1. The zero-order valence-corrected chi connectivity index (χ0v) is 13.2. The number of hydrogen-bond acceptors (Lipinski definition) is 5. The van der Waals surface area contributed by atoms with Crippen LogP contribution >= 0.6 is 0 Å². The molecule has 0 unspecified atom stereocenters. The van der Waals surface area contributed by atoms with Gasteiger partial charge in [0.05, 0.1) is 7.11 Å². The largest absolute Gasteiger partial charge is 0.493 e. The van der Waals surface area contributed by atoms with Gasteiger partial charge in [-0.3, -0.25) is 4.90 Å². The minimum atomic E-state index is 0.646. The van der Waals surface area contributed by atoms with Gasteiger partial charge in [-0.05, 0) is 37.7 Å². The number of piperazine rings is 1. The SMILES string of the molecule is COc1cc(CCN)ccc1OCCN1CCN(C)CC1. The molecule has 0 aromatic heterocycles. The third kappa shape index (κ3) is 4.88. The highest BCUT2D eigenvalue weighted by Gasteiger charge is 2.13. The van der Waals surface area contributed by atoms with Gasteiger partial charge in [0.2, 0.25) is 0 Å². The van der Waals surface area contributed by atoms with Gasteiger partial charge in [0, 0.05) is 32.7 Å². The topological polar surface area (TPSA) is 51.0 Å². The van der Waals surface area contributed by atoms with Crippen molar-refractivity contribution in [3.8, 4) is 11.5 Å². The maximum absolute atomic E-state index is 5.88. The molecule has 1 aliphatic rings. The number of benzene rings is 1. The van der Waals surface area contributed by atoms with Crippen LogP contribution in [0.4, 0.5) is 0 Å². The smallest absolute Gasteiger partial charge is 0.161 e. The lowest BCUT2D eigenvalue weighted by Crippen LogP contribution is -2.45. The maximum Gasteiger partial charge on any atom is 0.161 e. The summed E-state index contributed by atoms with van der Waals surface area (Å²) >= 11 is 0. The molecule has 21 heavy (non-hydrogen) atoms. The Hall–Kier alpha value is -1.30. The average Bonchev–Trinajstić information content (AvgIpc) is 2.50. The van der Waals surface area contributed by atoms with Crippen LogP contribution in [0.1, 0.15) is 5.56 Å². The fraction of sp³-hybridized carbons (Fsp3) is 0.625. The molecule has 0 spiro atoms. The van der Waals surface area contributed by atoms with E-state index in [-0.39, 0.29) is 0 Å². The zero-order valence-electron chi connectivity index (χ0n) is 13.2. The molecule has 1 saturated heterocycles. The normalized spacial score (nSPS) is 16.9. The molecule has 0 atom stereocenters. The van der Waals surface area contributed by atoms with Crippen molar-refractivity contribution in [3.63, 3.8) is 0 Å². The summed E-state index contributed by atoms with van der Waals surface area (Å²) in [5.41, 5.74) is 6.76. The van der Waals surface area contributed by atoms with Crippen LogP contribution in [0.3, 0.4) is 0 Å². The van der Waals surface area contributed by atoms with Crippen LogP contribution in [0.2, 0.25) is 0 Å². The molecule has 2 rings (SSSR count). The van der Waals surface area contributed by atoms with Crippen LogP contribution in [0.25, 0.3) is 0 Å². The Labute approximate surface area is 127 Å². The van der Waals surface area contributed by atoms with Crippen LogP contribution < -0.4 is 15.2 Å². The summed E-state index contributed by atoms with van der Waals surface area (Å²) in [7, 11) is 3.84. The molecule has 1 aromatic carbocycles. The van der Waals surface area contributed by atoms with Crippen molar-refractivity contribution in [2.75, 3.05) is 60.0 Å². The highest BCUT2D eigenvalue weighted by atomic mass is 16.5. The van der Waals surface area contributed by atoms with E-state index >= 15 is 0 Å². The summed E-state index contributed by atoms with van der Waals surface area (Å²) in [6.07, 6.45) is 0.859. The Balaban J connectivity index is 1.82. The van der Waals surface area contributed by atoms with E-state index in [0.717, 1.165) is 50.6 Å². The fourth-order valence-corrected chi connectivity index (χ4v) is 2.51. The van der Waals surface area contributed by atoms with Gasteiger partial charge in [-0.15, -0.1) is 0 Å². The Morgan fingerprint density at radius 2 is 1.90 bits per heavy atom. The lowest BCUT2D eigenvalue weighted by Gasteiger charge is -2.32. The molecule has 1 aliphatic heterocycles. The van der Waals surface area contributed by atoms with Crippen molar-refractivity contribution in [3.05, 3.63) is 23.8 Å². The van der Waals surface area contributed by atoms with Gasteiger partial charge in [0.25, 0.3) is 0 Å². The lowest BCUT2D eigenvalue weighted by atomic mass is 10.1. The van der Waals surface area contributed by atoms with E-state index in [9.17, 15) is 0 Å². The highest BCUT2D eigenvalue weighted by molar-refractivity contribution is 5.43. The molecule has 2 N–H and O–H groups in total. The van der Waals surface area contributed by atoms with Crippen LogP contribution in [0, 0.1) is 0 Å². The molecule has 118 valence electrons. The van der Waals surface area contributed by atoms with E-state index < -0.39 is 0 Å². The van der Waals surface area contributed by atoms with Gasteiger partial charge >= 0.3 is 0 Å². The van der Waals surface area contributed by atoms with Crippen molar-refractivity contribution in [1.29, 1.82) is 0 Å². The quantitative estimate of drug-likeness (QED) is 0.807. The lowest BCUT2D eigenvalue weighted by molar-refractivity contribution is 0.133. The zero-order chi connectivity index (χ0) is 15.1. The second kappa shape index (κ2) is 8.22. The van der Waals surface area contributed by atoms with Crippen molar-refractivity contribution >= 4 is 0 Å². The predicted octanol–water partition coefficient (Wildman–Crippen LogP) is 0.823. The molecule has 0 radical (unpaired) electrons. The molecule has 1 fully saturated rings. The summed E-state index contributed by atoms with van der Waals surface area (Å²) in [4.78, 5) is 4.80. The number of hydrogen-bond donors (Lipinski definition) is 1. The first-order chi connectivity index (χ1) is 10.2. The minimum Gasteiger partial charge on any atom is -0.493 e. The van der Waals surface area contributed by atoms with E-state index in [1.807, 2.05) is 12.1 Å². The molecule has 5 nitrogen and oxygen atoms in total. The molecule has 0 amide bonds. The minimum absolute atomic E-state index is 0.646. The van der Waals surface area contributed by atoms with Crippen LogP contribution in [0.15, 0.2) is 18.2 Å². The first-order valence-corrected chi connectivity index (χ1v) is 7.63. The molecular weight excluding hydrogens is 266 g/mol. The van der Waals surface area contributed by atoms with Gasteiger partial charge in [0.15, 0.2) is 11.5 Å². The van der Waals surface area contributed by atoms with E-state index in [2.05, 4.69) is 22.9 Å². The monoisotopic (exact) mass is 293 g/mol. The van der Waals surface area contributed by atoms with Gasteiger partial charge < -0.3 is 20.1 Å². The molecule has 1 aromatic rings. The number of methoxy groups -OCH3 is 1. The Kier molecular flexibility index (Phi) is 6.29. The summed E-state index contributed by atoms with van der Waals surface area (Å²) < 4.78 is 11.3. The predicted molar refractivity (Wildman–Crippen MR) is 85.2 cm³/mol. The molecule has 0 bridgehead atoms. The van der Waals surface area contributed by atoms with E-state index in [1.165, 1.54) is 5.56 Å². The summed E-state index contributed by atoms with van der Waals surface area (Å²) in [6, 6.07) is 6.05. The summed E-state index contributed by atoms with van der Waals surface area (Å²) in [6.45, 7) is 6.80. The number of rotatable bonds is 7. The standard InChI is InChI=1S/C16H27N3O2/c1-18-7-9-19(10-8-18)11-12-21-15-4-3-14(5-6-17)13-16(15)20-2/h3-4,13H,5-12,17H2,1-2H3. The molecule has 5 heteroatoms. The van der Waals surface area contributed by atoms with Crippen molar-refractivity contribution in [1.82, 2.24) is 9.80 Å². The summed E-state index contributed by atoms with van der Waals surface area (Å²) in [5, 5.41) is 0. The van der Waals surface area contributed by atoms with E-state index in [0.29, 0.717) is 13.2 Å². The van der Waals surface area contributed by atoms with Gasteiger partial charge in [-0.2, -0.15) is 0 Å². The number of nitrogens with zero attached hydrogens (tertiary/aromatic N) is 2. The van der Waals surface area contributed by atoms with Gasteiger partial charge in [-0.25, -0.2) is 0 Å². The third-order valence-corrected chi connectivity index (χ3v) is 3.92. The van der Waals surface area contributed by atoms with Gasteiger partial charge in [0.1, 0.15) is 6.61 Å². The Morgan fingerprint density at radius 3 is 2.57 bits per heavy atom. The molecule has 0 aliphatic carbocycles. The molecule has 1 heterocycles. The first kappa shape index (κ1) is 16.1. The van der Waals surface area contributed by atoms with Crippen LogP contribution in [0.5, 0.6) is 11.5 Å². The second-order valence-electron chi connectivity index (χ2n) is 5.52. The highest BCUT2D eigenvalue weighted by Crippen LogP contribution is 2.28. The number of ether oxygens (including phenoxy) is 2. The van der Waals surface area contributed by atoms with E-state index in [4.69, 9.17) is 15.2 Å². The maximum atomic E-state index is 5.88. The third-order valence-electron chi connectivity index (χ3n) is 3.92. The van der Waals surface area contributed by atoms with Gasteiger partial charge in [-0.1, -0.05) is 6.07 Å². The van der Waals surface area contributed by atoms with Crippen molar-refractivity contribution in [2.45, 2.75) is 6.42 Å². The molecular formula is C16H27N3O2. The summed E-state index contributed by atoms with van der Waals surface area (Å²) in [5.74, 6) is 1.60. The second-order valence-corrected chi connectivity index (χ2v) is 5.52. The molecule has 0 saturated carbocycles. The van der Waals surface area contributed by atoms with Crippen LogP contribution in [-0.2, 0) is 6.42 Å². The fourth-order valence-electron chi connectivity index (χ4n) is 2.51. The van der Waals surface area contributed by atoms with Crippen LogP contribution in [-0.4, -0.2) is 69.8 Å². The number of nitrogens with two attached hydrogens (primary N) is 1. The average molecular weight is 293 g/mol. The van der Waals surface area contributed by atoms with Crippen molar-refractivity contribution in [2.24, 2.45) is 5.73 Å². The first-order valence-electron chi connectivity index (χ1n) is 7.63. The Morgan fingerprint density at radius 1 is 1.14 bits per heavy atom. The van der Waals surface area contributed by atoms with E-state index in [1.54, 1.807) is 7.11 Å². The Bertz CT molecular complexity index is 432.